The van der Waals surface area contributed by atoms with Crippen molar-refractivity contribution in [3.63, 3.8) is 0 Å². The van der Waals surface area contributed by atoms with Crippen molar-refractivity contribution >= 4 is 54.6 Å². The first-order valence-electron chi connectivity index (χ1n) is 2.60. The molecule has 0 unspecified atom stereocenters. The van der Waals surface area contributed by atoms with Crippen molar-refractivity contribution in [2.75, 3.05) is 0 Å². The van der Waals surface area contributed by atoms with Crippen molar-refractivity contribution in [2.24, 2.45) is 0 Å². The zero-order valence-corrected chi connectivity index (χ0v) is 10.2. The van der Waals surface area contributed by atoms with Crippen LogP contribution in [0.5, 0.6) is 0 Å². The summed E-state index contributed by atoms with van der Waals surface area (Å²) in [5, 5.41) is 0. The third-order valence-corrected chi connectivity index (χ3v) is 4.14. The van der Waals surface area contributed by atoms with E-state index in [9.17, 15) is 0 Å². The van der Waals surface area contributed by atoms with Gasteiger partial charge in [-0.15, -0.1) is 0 Å². The van der Waals surface area contributed by atoms with Crippen LogP contribution in [0.1, 0.15) is 0 Å². The van der Waals surface area contributed by atoms with Crippen LogP contribution in [0.2, 0.25) is 0 Å². The number of carbonyl (C=O) groups is 1. The predicted molar refractivity (Wildman–Crippen MR) is 56.7 cm³/mol. The monoisotopic (exact) mass is 342 g/mol. The Morgan fingerprint density at radius 1 is 1.00 bits per heavy atom. The number of hydrogen-bond acceptors (Lipinski definition) is 1. The molecule has 0 atom stereocenters. The third kappa shape index (κ3) is 3.49. The molecule has 0 spiro atoms. The van der Waals surface area contributed by atoms with Gasteiger partial charge in [0.05, 0.1) is 0 Å². The number of carbonyl (C=O) groups excluding carboxylic acids is 1. The smallest absolute Gasteiger partial charge is 0.106 e. The van der Waals surface area contributed by atoms with Gasteiger partial charge in [0.25, 0.3) is 0 Å². The standard InChI is InChI=1S/C6H3Br3.CH2O/c7-4-2-1-3-5(8)6(4)9;1-2/h1-3H;1H2. The van der Waals surface area contributed by atoms with E-state index in [1.54, 1.807) is 0 Å². The molecule has 11 heavy (non-hydrogen) atoms. The molecule has 0 bridgehead atoms. The van der Waals surface area contributed by atoms with Crippen LogP contribution in [0.25, 0.3) is 0 Å². The molecule has 0 amide bonds. The van der Waals surface area contributed by atoms with Gasteiger partial charge < -0.3 is 4.79 Å². The predicted octanol–water partition coefficient (Wildman–Crippen LogP) is 3.79. The summed E-state index contributed by atoms with van der Waals surface area (Å²) >= 11 is 10.1. The van der Waals surface area contributed by atoms with Gasteiger partial charge in [-0.05, 0) is 59.9 Å². The lowest BCUT2D eigenvalue weighted by atomic mass is 10.4. The van der Waals surface area contributed by atoms with E-state index >= 15 is 0 Å². The van der Waals surface area contributed by atoms with Gasteiger partial charge in [0.15, 0.2) is 0 Å². The van der Waals surface area contributed by atoms with Gasteiger partial charge in [-0.2, -0.15) is 0 Å². The summed E-state index contributed by atoms with van der Waals surface area (Å²) in [7, 11) is 0. The molecule has 0 heterocycles. The minimum absolute atomic E-state index is 1.06. The Hall–Kier alpha value is 0.330. The Kier molecular flexibility index (Phi) is 6.09. The van der Waals surface area contributed by atoms with Crippen LogP contribution < -0.4 is 0 Å². The molecule has 0 N–H and O–H groups in total. The Labute approximate surface area is 90.6 Å². The lowest BCUT2D eigenvalue weighted by Gasteiger charge is -1.95. The van der Waals surface area contributed by atoms with Gasteiger partial charge in [0.2, 0.25) is 0 Å². The molecule has 60 valence electrons. The normalized spacial score (nSPS) is 8.27. The number of rotatable bonds is 0. The fraction of sp³-hybridized carbons (Fsp3) is 0. The average Bonchev–Trinajstić information content (AvgIpc) is 2.04. The van der Waals surface area contributed by atoms with E-state index < -0.39 is 0 Å². The molecule has 1 aromatic rings. The largest absolute Gasteiger partial charge is 0.307 e. The second kappa shape index (κ2) is 5.91. The molecule has 0 aliphatic carbocycles. The molecule has 0 saturated heterocycles. The highest BCUT2D eigenvalue weighted by Crippen LogP contribution is 2.29. The van der Waals surface area contributed by atoms with E-state index in [4.69, 9.17) is 4.79 Å². The van der Waals surface area contributed by atoms with Gasteiger partial charge in [-0.3, -0.25) is 0 Å². The zero-order valence-electron chi connectivity index (χ0n) is 5.48. The second-order valence-electron chi connectivity index (χ2n) is 1.54. The first kappa shape index (κ1) is 11.3. The van der Waals surface area contributed by atoms with Crippen LogP contribution in [0.15, 0.2) is 31.6 Å². The van der Waals surface area contributed by atoms with Crippen molar-refractivity contribution in [1.29, 1.82) is 0 Å². The highest BCUT2D eigenvalue weighted by atomic mass is 79.9. The van der Waals surface area contributed by atoms with E-state index in [1.165, 1.54) is 0 Å². The van der Waals surface area contributed by atoms with Crippen LogP contribution >= 0.6 is 47.8 Å². The SMILES string of the molecule is Brc1cccc(Br)c1Br.C=O. The lowest BCUT2D eigenvalue weighted by Crippen LogP contribution is -1.69. The molecule has 0 aromatic heterocycles. The van der Waals surface area contributed by atoms with Crippen LogP contribution in [0, 0.1) is 0 Å². The number of benzene rings is 1. The summed E-state index contributed by atoms with van der Waals surface area (Å²) in [5.74, 6) is 0. The van der Waals surface area contributed by atoms with Crippen LogP contribution in [0.3, 0.4) is 0 Å². The molecule has 0 aliphatic rings. The quantitative estimate of drug-likeness (QED) is 0.654. The van der Waals surface area contributed by atoms with Crippen molar-refractivity contribution in [3.05, 3.63) is 31.6 Å². The van der Waals surface area contributed by atoms with E-state index in [0.717, 1.165) is 13.4 Å². The Morgan fingerprint density at radius 2 is 1.36 bits per heavy atom. The molecule has 0 radical (unpaired) electrons. The molecular formula is C7H5Br3O. The fourth-order valence-corrected chi connectivity index (χ4v) is 1.74. The van der Waals surface area contributed by atoms with Crippen LogP contribution in [-0.2, 0) is 4.79 Å². The van der Waals surface area contributed by atoms with Crippen molar-refractivity contribution in [2.45, 2.75) is 0 Å². The molecule has 1 rings (SSSR count). The molecule has 0 saturated carbocycles. The molecule has 1 nitrogen and oxygen atoms in total. The number of halogens is 3. The summed E-state index contributed by atoms with van der Waals surface area (Å²) in [6, 6.07) is 5.93. The first-order valence-corrected chi connectivity index (χ1v) is 4.98. The second-order valence-corrected chi connectivity index (χ2v) is 4.04. The van der Waals surface area contributed by atoms with Gasteiger partial charge in [0, 0.05) is 13.4 Å². The summed E-state index contributed by atoms with van der Waals surface area (Å²) in [4.78, 5) is 8.00. The van der Waals surface area contributed by atoms with Gasteiger partial charge >= 0.3 is 0 Å². The van der Waals surface area contributed by atoms with Crippen molar-refractivity contribution in [3.8, 4) is 0 Å². The Bertz CT molecular complexity index is 217. The van der Waals surface area contributed by atoms with Gasteiger partial charge in [0.1, 0.15) is 6.79 Å². The zero-order chi connectivity index (χ0) is 8.85. The molecule has 0 fully saturated rings. The van der Waals surface area contributed by atoms with Crippen molar-refractivity contribution < 1.29 is 4.79 Å². The Balaban J connectivity index is 0.000000461. The summed E-state index contributed by atoms with van der Waals surface area (Å²) in [6.07, 6.45) is 0. The Morgan fingerprint density at radius 3 is 1.64 bits per heavy atom. The maximum Gasteiger partial charge on any atom is 0.106 e. The summed E-state index contributed by atoms with van der Waals surface area (Å²) < 4.78 is 3.19. The maximum atomic E-state index is 8.00. The number of hydrogen-bond donors (Lipinski definition) is 0. The van der Waals surface area contributed by atoms with E-state index in [0.29, 0.717) is 0 Å². The van der Waals surface area contributed by atoms with E-state index in [2.05, 4.69) is 47.8 Å². The molecular weight excluding hydrogens is 340 g/mol. The maximum absolute atomic E-state index is 8.00. The summed E-state index contributed by atoms with van der Waals surface area (Å²) in [6.45, 7) is 2.00. The lowest BCUT2D eigenvalue weighted by molar-refractivity contribution is -0.0979. The van der Waals surface area contributed by atoms with Crippen LogP contribution in [-0.4, -0.2) is 6.79 Å². The first-order chi connectivity index (χ1) is 5.22. The van der Waals surface area contributed by atoms with Crippen LogP contribution in [0.4, 0.5) is 0 Å². The average molecular weight is 345 g/mol. The molecule has 0 aliphatic heterocycles. The van der Waals surface area contributed by atoms with Gasteiger partial charge in [-0.25, -0.2) is 0 Å². The minimum atomic E-state index is 1.06. The summed E-state index contributed by atoms with van der Waals surface area (Å²) in [5.41, 5.74) is 0. The van der Waals surface area contributed by atoms with E-state index in [-0.39, 0.29) is 0 Å². The molecule has 4 heteroatoms. The highest BCUT2D eigenvalue weighted by molar-refractivity contribution is 9.14. The highest BCUT2D eigenvalue weighted by Gasteiger charge is 1.97. The van der Waals surface area contributed by atoms with Gasteiger partial charge in [-0.1, -0.05) is 6.07 Å². The fourth-order valence-electron chi connectivity index (χ4n) is 0.477. The topological polar surface area (TPSA) is 17.1 Å². The third-order valence-electron chi connectivity index (χ3n) is 0.904. The molecule has 1 aromatic carbocycles. The minimum Gasteiger partial charge on any atom is -0.307 e. The van der Waals surface area contributed by atoms with E-state index in [1.807, 2.05) is 25.0 Å². The van der Waals surface area contributed by atoms with Crippen molar-refractivity contribution in [1.82, 2.24) is 0 Å².